The van der Waals surface area contributed by atoms with Gasteiger partial charge in [0.2, 0.25) is 35.4 Å². The Labute approximate surface area is 332 Å². The molecule has 1 saturated heterocycles. The van der Waals surface area contributed by atoms with Crippen molar-refractivity contribution >= 4 is 63.6 Å². The van der Waals surface area contributed by atoms with Crippen LogP contribution in [0.4, 0.5) is 0 Å². The van der Waals surface area contributed by atoms with Crippen LogP contribution in [0, 0.1) is 11.8 Å². The van der Waals surface area contributed by atoms with Crippen molar-refractivity contribution in [3.63, 3.8) is 0 Å². The molecule has 1 heterocycles. The van der Waals surface area contributed by atoms with Gasteiger partial charge < -0.3 is 62.7 Å². The molecule has 1 aliphatic heterocycles. The van der Waals surface area contributed by atoms with Gasteiger partial charge in [0.1, 0.15) is 36.4 Å². The zero-order valence-corrected chi connectivity index (χ0v) is 36.5. The van der Waals surface area contributed by atoms with E-state index in [0.717, 1.165) is 0 Å². The van der Waals surface area contributed by atoms with Crippen LogP contribution in [-0.2, 0) is 28.8 Å². The van der Waals surface area contributed by atoms with E-state index in [1.165, 1.54) is 6.92 Å². The molecule has 13 atom stereocenters. The Kier molecular flexibility index (Phi) is 25.4. The highest BCUT2D eigenvalue weighted by Crippen LogP contribution is 2.13. The fraction of sp³-hybridized carbons (Fsp3) is 0.818. The van der Waals surface area contributed by atoms with E-state index in [1.54, 1.807) is 14.0 Å². The first-order chi connectivity index (χ1) is 26.0. The third-order valence-corrected chi connectivity index (χ3v) is 10.3. The second kappa shape index (κ2) is 27.5. The first-order valence-electron chi connectivity index (χ1n) is 18.9. The molecule has 6 amide bonds. The molecule has 13 N–H and O–H groups in total. The molecule has 0 aromatic carbocycles. The van der Waals surface area contributed by atoms with Crippen molar-refractivity contribution in [3.8, 4) is 0 Å². The maximum Gasteiger partial charge on any atom is 0.243 e. The van der Waals surface area contributed by atoms with E-state index in [4.69, 9.17) is 0 Å². The minimum Gasteiger partial charge on any atom is -0.391 e. The van der Waals surface area contributed by atoms with Gasteiger partial charge in [0.15, 0.2) is 0 Å². The Morgan fingerprint density at radius 3 is 1.55 bits per heavy atom. The van der Waals surface area contributed by atoms with Crippen LogP contribution in [0.15, 0.2) is 0 Å². The van der Waals surface area contributed by atoms with Gasteiger partial charge in [0.05, 0.1) is 18.2 Å². The van der Waals surface area contributed by atoms with Crippen molar-refractivity contribution in [3.05, 3.63) is 0 Å². The van der Waals surface area contributed by atoms with E-state index in [1.807, 2.05) is 20.8 Å². The predicted octanol–water partition coefficient (Wildman–Crippen LogP) is -3.42. The van der Waals surface area contributed by atoms with Crippen LogP contribution in [0.5, 0.6) is 0 Å². The zero-order valence-electron chi connectivity index (χ0n) is 33.0. The molecular formula is C33H68N11O8P3. The van der Waals surface area contributed by atoms with Crippen LogP contribution < -0.4 is 57.8 Å². The molecule has 0 radical (unpaired) electrons. The number of rotatable bonds is 15. The second-order valence-corrected chi connectivity index (χ2v) is 15.5. The molecule has 1 fully saturated rings. The lowest BCUT2D eigenvalue weighted by molar-refractivity contribution is -0.136. The molecule has 13 unspecified atom stereocenters. The monoisotopic (exact) mass is 839 g/mol. The smallest absolute Gasteiger partial charge is 0.243 e. The first kappa shape index (κ1) is 50.8. The lowest BCUT2D eigenvalue weighted by Gasteiger charge is -2.31. The molecule has 55 heavy (non-hydrogen) atoms. The molecule has 0 bridgehead atoms. The summed E-state index contributed by atoms with van der Waals surface area (Å²) in [6.45, 7) is 9.76. The maximum absolute atomic E-state index is 14.0. The minimum atomic E-state index is -1.46. The van der Waals surface area contributed by atoms with Crippen molar-refractivity contribution in [2.24, 2.45) is 11.8 Å². The summed E-state index contributed by atoms with van der Waals surface area (Å²) < 4.78 is 0. The normalized spacial score (nSPS) is 28.6. The molecule has 19 nitrogen and oxygen atoms in total. The molecule has 1 rings (SSSR count). The van der Waals surface area contributed by atoms with E-state index >= 15 is 0 Å². The van der Waals surface area contributed by atoms with Crippen molar-refractivity contribution in [1.82, 2.24) is 57.8 Å². The van der Waals surface area contributed by atoms with Crippen molar-refractivity contribution in [2.75, 3.05) is 33.2 Å². The van der Waals surface area contributed by atoms with E-state index in [-0.39, 0.29) is 63.6 Å². The van der Waals surface area contributed by atoms with Crippen LogP contribution in [0.2, 0.25) is 0 Å². The Hall–Kier alpha value is -2.17. The summed E-state index contributed by atoms with van der Waals surface area (Å²) in [5.41, 5.74) is 0. The SMILES string of the molecule is CCC(C)C1NC(=O)C(CC(C)C)NC(=O)C(CCNP)NC(=O)C(NC)CCNC(O)C(C(C)O)NC(=O)C(CCNP)NC(=O)C(CCNP)NC1=O. The van der Waals surface area contributed by atoms with Crippen LogP contribution in [-0.4, -0.2) is 134 Å². The molecule has 0 spiro atoms. The molecule has 0 aromatic rings. The highest BCUT2D eigenvalue weighted by atomic mass is 31.0. The van der Waals surface area contributed by atoms with Crippen LogP contribution in [0.25, 0.3) is 0 Å². The molecule has 0 saturated carbocycles. The predicted molar refractivity (Wildman–Crippen MR) is 221 cm³/mol. The fourth-order valence-electron chi connectivity index (χ4n) is 5.86. The summed E-state index contributed by atoms with van der Waals surface area (Å²) in [4.78, 5) is 82.5. The number of hydrogen-bond acceptors (Lipinski definition) is 13. The number of aliphatic hydroxyl groups excluding tert-OH is 2. The topological polar surface area (TPSA) is 275 Å². The summed E-state index contributed by atoms with van der Waals surface area (Å²) in [6.07, 6.45) is -1.43. The standard InChI is InChI=1S/C33H68N11O8P3/c1-7-18(4)25-33(52)41-22(10-14-37-54)28(47)40-23(11-15-38-55)30(49)44-26(19(5)45)32(51)35-12-8-20(34-6)27(46)39-21(9-13-36-53)29(48)42-24(16-17(2)3)31(50)43-25/h17-26,32,34-38,45,51H,7-16,53-55H2,1-6H3,(H,39,46)(H,40,47)(H,41,52)(H,42,48)(H,43,50)(H,44,49). The number of amides is 6. The quantitative estimate of drug-likeness (QED) is 0.0718. The maximum atomic E-state index is 14.0. The third kappa shape index (κ3) is 18.3. The van der Waals surface area contributed by atoms with Crippen molar-refractivity contribution in [2.45, 2.75) is 128 Å². The minimum absolute atomic E-state index is 0.0413. The molecule has 318 valence electrons. The molecule has 0 aromatic heterocycles. The molecular weight excluding hydrogens is 771 g/mol. The number of likely N-dealkylation sites (N-methyl/N-ethyl adjacent to an activating group) is 1. The average molecular weight is 840 g/mol. The lowest BCUT2D eigenvalue weighted by atomic mass is 9.96. The lowest BCUT2D eigenvalue weighted by Crippen LogP contribution is -2.62. The van der Waals surface area contributed by atoms with Gasteiger partial charge in [-0.3, -0.25) is 34.1 Å². The van der Waals surface area contributed by atoms with Gasteiger partial charge in [-0.05, 0) is 64.5 Å². The van der Waals surface area contributed by atoms with Gasteiger partial charge in [-0.2, -0.15) is 0 Å². The van der Waals surface area contributed by atoms with Crippen LogP contribution in [0.1, 0.15) is 73.1 Å². The third-order valence-electron chi connectivity index (χ3n) is 9.38. The number of nitrogens with one attached hydrogen (secondary N) is 11. The number of carbonyl (C=O) groups excluding carboxylic acids is 6. The number of carbonyl (C=O) groups is 6. The summed E-state index contributed by atoms with van der Waals surface area (Å²) in [6, 6.07) is -7.52. The zero-order chi connectivity index (χ0) is 41.7. The van der Waals surface area contributed by atoms with Gasteiger partial charge in [-0.25, -0.2) is 0 Å². The number of aliphatic hydroxyl groups is 2. The Balaban J connectivity index is 3.74. The van der Waals surface area contributed by atoms with E-state index in [9.17, 15) is 39.0 Å². The molecule has 0 aliphatic carbocycles. The average Bonchev–Trinajstić information content (AvgIpc) is 3.14. The highest BCUT2D eigenvalue weighted by Gasteiger charge is 2.36. The van der Waals surface area contributed by atoms with Crippen molar-refractivity contribution < 1.29 is 39.0 Å². The van der Waals surface area contributed by atoms with E-state index in [0.29, 0.717) is 13.0 Å². The summed E-state index contributed by atoms with van der Waals surface area (Å²) in [7, 11) is 8.54. The second-order valence-electron chi connectivity index (χ2n) is 14.3. The van der Waals surface area contributed by atoms with Gasteiger partial charge in [-0.1, -0.05) is 62.3 Å². The Morgan fingerprint density at radius 2 is 1.11 bits per heavy atom. The van der Waals surface area contributed by atoms with Gasteiger partial charge in [0.25, 0.3) is 0 Å². The van der Waals surface area contributed by atoms with Crippen LogP contribution in [0.3, 0.4) is 0 Å². The molecule has 22 heteroatoms. The first-order valence-corrected chi connectivity index (χ1v) is 20.7. The van der Waals surface area contributed by atoms with E-state index in [2.05, 4.69) is 86.0 Å². The Bertz CT molecular complexity index is 1230. The summed E-state index contributed by atoms with van der Waals surface area (Å²) >= 11 is 0. The van der Waals surface area contributed by atoms with E-state index < -0.39 is 90.1 Å². The highest BCUT2D eigenvalue weighted by molar-refractivity contribution is 7.14. The Morgan fingerprint density at radius 1 is 0.673 bits per heavy atom. The molecule has 1 aliphatic rings. The number of hydrogen-bond donors (Lipinski definition) is 13. The van der Waals surface area contributed by atoms with Gasteiger partial charge >= 0.3 is 0 Å². The fourth-order valence-corrected chi connectivity index (χ4v) is 6.36. The summed E-state index contributed by atoms with van der Waals surface area (Å²) in [5, 5.41) is 52.4. The van der Waals surface area contributed by atoms with Crippen molar-refractivity contribution in [1.29, 1.82) is 0 Å². The van der Waals surface area contributed by atoms with Crippen LogP contribution >= 0.6 is 28.2 Å². The summed E-state index contributed by atoms with van der Waals surface area (Å²) in [5.74, 6) is -4.12. The van der Waals surface area contributed by atoms with Gasteiger partial charge in [0, 0.05) is 19.6 Å². The largest absolute Gasteiger partial charge is 0.391 e. The van der Waals surface area contributed by atoms with Gasteiger partial charge in [-0.15, -0.1) is 0 Å².